The van der Waals surface area contributed by atoms with E-state index in [1.807, 2.05) is 30.0 Å². The third-order valence-corrected chi connectivity index (χ3v) is 3.61. The average Bonchev–Trinajstić information content (AvgIpc) is 2.48. The van der Waals surface area contributed by atoms with Gasteiger partial charge in [0, 0.05) is 19.1 Å². The number of nitrogens with zero attached hydrogens (tertiary/aromatic N) is 1. The Kier molecular flexibility index (Phi) is 5.56. The van der Waals surface area contributed by atoms with Crippen molar-refractivity contribution in [3.63, 3.8) is 0 Å². The molecule has 4 heteroatoms. The molecule has 1 saturated heterocycles. The zero-order valence-electron chi connectivity index (χ0n) is 12.3. The standard InChI is InChI=1S/C16H24N2O2/c1-13(12-15-6-4-3-5-7-15)17-14(2)16(19)18-8-10-20-11-9-18/h3-7,13-14,17H,8-12H2,1-2H3. The summed E-state index contributed by atoms with van der Waals surface area (Å²) < 4.78 is 5.28. The maximum Gasteiger partial charge on any atom is 0.239 e. The number of hydrogen-bond donors (Lipinski definition) is 1. The third-order valence-electron chi connectivity index (χ3n) is 3.61. The second-order valence-corrected chi connectivity index (χ2v) is 5.42. The first-order chi connectivity index (χ1) is 9.66. The van der Waals surface area contributed by atoms with Crippen LogP contribution < -0.4 is 5.32 Å². The average molecular weight is 276 g/mol. The Morgan fingerprint density at radius 1 is 1.25 bits per heavy atom. The highest BCUT2D eigenvalue weighted by Gasteiger charge is 2.23. The Labute approximate surface area is 121 Å². The van der Waals surface area contributed by atoms with Crippen molar-refractivity contribution in [2.75, 3.05) is 26.3 Å². The van der Waals surface area contributed by atoms with Crippen molar-refractivity contribution in [3.8, 4) is 0 Å². The molecule has 20 heavy (non-hydrogen) atoms. The van der Waals surface area contributed by atoms with Gasteiger partial charge in [0.1, 0.15) is 0 Å². The van der Waals surface area contributed by atoms with Crippen molar-refractivity contribution in [1.82, 2.24) is 10.2 Å². The maximum absolute atomic E-state index is 12.3. The molecule has 0 spiro atoms. The summed E-state index contributed by atoms with van der Waals surface area (Å²) >= 11 is 0. The lowest BCUT2D eigenvalue weighted by Gasteiger charge is -2.30. The van der Waals surface area contributed by atoms with Crippen LogP contribution in [-0.2, 0) is 16.0 Å². The number of benzene rings is 1. The van der Waals surface area contributed by atoms with Crippen LogP contribution in [0, 0.1) is 0 Å². The van der Waals surface area contributed by atoms with Crippen LogP contribution in [-0.4, -0.2) is 49.2 Å². The highest BCUT2D eigenvalue weighted by atomic mass is 16.5. The van der Waals surface area contributed by atoms with Gasteiger partial charge >= 0.3 is 0 Å². The molecular formula is C16H24N2O2. The molecule has 0 aromatic heterocycles. The highest BCUT2D eigenvalue weighted by Crippen LogP contribution is 2.05. The predicted octanol–water partition coefficient (Wildman–Crippen LogP) is 1.45. The van der Waals surface area contributed by atoms with E-state index in [0.717, 1.165) is 6.42 Å². The molecule has 0 aliphatic carbocycles. The molecule has 0 bridgehead atoms. The molecule has 1 fully saturated rings. The smallest absolute Gasteiger partial charge is 0.239 e. The minimum Gasteiger partial charge on any atom is -0.378 e. The highest BCUT2D eigenvalue weighted by molar-refractivity contribution is 5.81. The Morgan fingerprint density at radius 3 is 2.55 bits per heavy atom. The van der Waals surface area contributed by atoms with Gasteiger partial charge in [-0.25, -0.2) is 0 Å². The van der Waals surface area contributed by atoms with Crippen molar-refractivity contribution in [2.24, 2.45) is 0 Å². The number of rotatable bonds is 5. The fourth-order valence-corrected chi connectivity index (χ4v) is 2.58. The molecule has 1 aliphatic rings. The van der Waals surface area contributed by atoms with Gasteiger partial charge in [-0.05, 0) is 25.8 Å². The first-order valence-electron chi connectivity index (χ1n) is 7.33. The van der Waals surface area contributed by atoms with Crippen LogP contribution in [0.1, 0.15) is 19.4 Å². The van der Waals surface area contributed by atoms with Gasteiger partial charge in [-0.3, -0.25) is 4.79 Å². The summed E-state index contributed by atoms with van der Waals surface area (Å²) in [7, 11) is 0. The van der Waals surface area contributed by atoms with Crippen molar-refractivity contribution in [3.05, 3.63) is 35.9 Å². The van der Waals surface area contributed by atoms with E-state index < -0.39 is 0 Å². The molecule has 110 valence electrons. The molecule has 1 amide bonds. The Bertz CT molecular complexity index is 416. The van der Waals surface area contributed by atoms with E-state index >= 15 is 0 Å². The Morgan fingerprint density at radius 2 is 1.90 bits per heavy atom. The molecule has 4 nitrogen and oxygen atoms in total. The number of hydrogen-bond acceptors (Lipinski definition) is 3. The first-order valence-corrected chi connectivity index (χ1v) is 7.33. The van der Waals surface area contributed by atoms with Crippen molar-refractivity contribution >= 4 is 5.91 Å². The molecular weight excluding hydrogens is 252 g/mol. The van der Waals surface area contributed by atoms with Gasteiger partial charge in [0.05, 0.1) is 19.3 Å². The normalized spacial score (nSPS) is 18.6. The van der Waals surface area contributed by atoms with E-state index in [1.165, 1.54) is 5.56 Å². The summed E-state index contributed by atoms with van der Waals surface area (Å²) in [5.41, 5.74) is 1.29. The topological polar surface area (TPSA) is 41.6 Å². The summed E-state index contributed by atoms with van der Waals surface area (Å²) in [5, 5.41) is 3.39. The summed E-state index contributed by atoms with van der Waals surface area (Å²) in [6, 6.07) is 10.5. The van der Waals surface area contributed by atoms with Crippen LogP contribution in [0.3, 0.4) is 0 Å². The van der Waals surface area contributed by atoms with E-state index in [4.69, 9.17) is 4.74 Å². The maximum atomic E-state index is 12.3. The fraction of sp³-hybridized carbons (Fsp3) is 0.562. The number of carbonyl (C=O) groups is 1. The van der Waals surface area contributed by atoms with E-state index in [0.29, 0.717) is 26.3 Å². The number of carbonyl (C=O) groups excluding carboxylic acids is 1. The van der Waals surface area contributed by atoms with E-state index in [9.17, 15) is 4.79 Å². The first kappa shape index (κ1) is 15.0. The van der Waals surface area contributed by atoms with Gasteiger partial charge < -0.3 is 15.0 Å². The van der Waals surface area contributed by atoms with Crippen LogP contribution in [0.5, 0.6) is 0 Å². The minimum absolute atomic E-state index is 0.146. The summed E-state index contributed by atoms with van der Waals surface area (Å²) in [6.45, 7) is 6.78. The van der Waals surface area contributed by atoms with Gasteiger partial charge in [0.15, 0.2) is 0 Å². The van der Waals surface area contributed by atoms with Crippen molar-refractivity contribution < 1.29 is 9.53 Å². The molecule has 0 saturated carbocycles. The van der Waals surface area contributed by atoms with Crippen LogP contribution in [0.2, 0.25) is 0 Å². The van der Waals surface area contributed by atoms with Gasteiger partial charge in [-0.15, -0.1) is 0 Å². The van der Waals surface area contributed by atoms with Gasteiger partial charge in [-0.1, -0.05) is 30.3 Å². The second-order valence-electron chi connectivity index (χ2n) is 5.42. The third kappa shape index (κ3) is 4.32. The summed E-state index contributed by atoms with van der Waals surface area (Å²) in [5.74, 6) is 0.174. The van der Waals surface area contributed by atoms with Crippen LogP contribution in [0.25, 0.3) is 0 Å². The van der Waals surface area contributed by atoms with E-state index in [2.05, 4.69) is 24.4 Å². The van der Waals surface area contributed by atoms with Gasteiger partial charge in [-0.2, -0.15) is 0 Å². The van der Waals surface area contributed by atoms with Crippen molar-refractivity contribution in [1.29, 1.82) is 0 Å². The monoisotopic (exact) mass is 276 g/mol. The van der Waals surface area contributed by atoms with Crippen LogP contribution >= 0.6 is 0 Å². The Balaban J connectivity index is 1.80. The van der Waals surface area contributed by atoms with E-state index in [1.54, 1.807) is 0 Å². The Hall–Kier alpha value is -1.39. The molecule has 1 heterocycles. The van der Waals surface area contributed by atoms with Gasteiger partial charge in [0.2, 0.25) is 5.91 Å². The molecule has 2 atom stereocenters. The summed E-state index contributed by atoms with van der Waals surface area (Å²) in [4.78, 5) is 14.2. The molecule has 1 aliphatic heterocycles. The number of amides is 1. The fourth-order valence-electron chi connectivity index (χ4n) is 2.58. The lowest BCUT2D eigenvalue weighted by molar-refractivity contribution is -0.137. The lowest BCUT2D eigenvalue weighted by Crippen LogP contribution is -2.51. The van der Waals surface area contributed by atoms with Crippen LogP contribution in [0.4, 0.5) is 0 Å². The predicted molar refractivity (Wildman–Crippen MR) is 79.6 cm³/mol. The number of nitrogens with one attached hydrogen (secondary N) is 1. The van der Waals surface area contributed by atoms with Crippen LogP contribution in [0.15, 0.2) is 30.3 Å². The molecule has 2 unspecified atom stereocenters. The zero-order valence-corrected chi connectivity index (χ0v) is 12.3. The van der Waals surface area contributed by atoms with Crippen molar-refractivity contribution in [2.45, 2.75) is 32.4 Å². The van der Waals surface area contributed by atoms with Gasteiger partial charge in [0.25, 0.3) is 0 Å². The SMILES string of the molecule is CC(Cc1ccccc1)NC(C)C(=O)N1CCOCC1. The van der Waals surface area contributed by atoms with E-state index in [-0.39, 0.29) is 18.0 Å². The molecule has 0 radical (unpaired) electrons. The molecule has 1 aromatic carbocycles. The molecule has 1 N–H and O–H groups in total. The molecule has 2 rings (SSSR count). The quantitative estimate of drug-likeness (QED) is 0.885. The minimum atomic E-state index is -0.146. The largest absolute Gasteiger partial charge is 0.378 e. The zero-order chi connectivity index (χ0) is 14.4. The second kappa shape index (κ2) is 7.41. The summed E-state index contributed by atoms with van der Waals surface area (Å²) in [6.07, 6.45) is 0.932. The number of morpholine rings is 1. The lowest BCUT2D eigenvalue weighted by atomic mass is 10.1. The number of ether oxygens (including phenoxy) is 1. The molecule has 1 aromatic rings.